The summed E-state index contributed by atoms with van der Waals surface area (Å²) in [7, 11) is 0. The van der Waals surface area contributed by atoms with Crippen LogP contribution in [-0.4, -0.2) is 23.3 Å². The van der Waals surface area contributed by atoms with Gasteiger partial charge in [0.2, 0.25) is 0 Å². The van der Waals surface area contributed by atoms with Crippen LogP contribution in [0.15, 0.2) is 0 Å². The predicted octanol–water partition coefficient (Wildman–Crippen LogP) is 7.90. The second kappa shape index (κ2) is 16.4. The van der Waals surface area contributed by atoms with Crippen molar-refractivity contribution in [3.8, 4) is 0 Å². The molecule has 1 N–H and O–H groups in total. The number of halogens is 1. The van der Waals surface area contributed by atoms with E-state index in [0.717, 1.165) is 12.8 Å². The molecule has 0 spiro atoms. The van der Waals surface area contributed by atoms with Crippen LogP contribution in [0.25, 0.3) is 0 Å². The Morgan fingerprint density at radius 3 is 1.80 bits per heavy atom. The molecule has 0 atom stereocenters. The Kier molecular flexibility index (Phi) is 14.6. The van der Waals surface area contributed by atoms with E-state index in [4.69, 9.17) is 16.3 Å². The molecule has 30 heavy (non-hydrogen) atoms. The second-order valence-electron chi connectivity index (χ2n) is 8.25. The van der Waals surface area contributed by atoms with Crippen molar-refractivity contribution in [3.63, 3.8) is 0 Å². The average molecular weight is 440 g/mol. The largest absolute Gasteiger partial charge is 0.461 e. The van der Waals surface area contributed by atoms with E-state index in [1.54, 1.807) is 13.8 Å². The molecule has 5 heteroatoms. The molecule has 0 aliphatic rings. The number of nitrogens with one attached hydrogen (secondary N) is 1. The number of alkyl halides is 1. The number of unbranched alkanes of at least 4 members (excludes halogenated alkanes) is 12. The van der Waals surface area contributed by atoms with Gasteiger partial charge in [-0.15, -0.1) is 11.6 Å². The second-order valence-corrected chi connectivity index (χ2v) is 8.52. The molecule has 1 aromatic rings. The third-order valence-corrected chi connectivity index (χ3v) is 5.99. The van der Waals surface area contributed by atoms with Crippen molar-refractivity contribution in [1.82, 2.24) is 4.98 Å². The highest BCUT2D eigenvalue weighted by Crippen LogP contribution is 2.23. The van der Waals surface area contributed by atoms with Crippen LogP contribution in [-0.2, 0) is 10.6 Å². The Labute approximate surface area is 188 Å². The zero-order valence-corrected chi connectivity index (χ0v) is 20.2. The van der Waals surface area contributed by atoms with E-state index >= 15 is 0 Å². The fraction of sp³-hybridized carbons (Fsp3) is 0.760. The molecule has 0 fully saturated rings. The highest BCUT2D eigenvalue weighted by molar-refractivity contribution is 6.18. The van der Waals surface area contributed by atoms with Crippen LogP contribution < -0.4 is 0 Å². The molecule has 0 radical (unpaired) electrons. The van der Waals surface area contributed by atoms with Crippen LogP contribution in [0.5, 0.6) is 0 Å². The minimum Gasteiger partial charge on any atom is -0.461 e. The van der Waals surface area contributed by atoms with Crippen molar-refractivity contribution in [1.29, 1.82) is 0 Å². The summed E-state index contributed by atoms with van der Waals surface area (Å²) in [5.74, 6) is -0.181. The maximum Gasteiger partial charge on any atom is 0.355 e. The van der Waals surface area contributed by atoms with Crippen molar-refractivity contribution in [3.05, 3.63) is 22.5 Å². The number of hydrogen-bond donors (Lipinski definition) is 1. The summed E-state index contributed by atoms with van der Waals surface area (Å²) in [6.07, 6.45) is 17.2. The first-order chi connectivity index (χ1) is 14.6. The standard InChI is InChI=1S/C25H42ClNO3/c1-4-6-7-8-9-10-11-12-13-14-15-16-17-18-22(28)23-20(3)24(25(29)30-5-2)27-21(23)19-26/h27H,4-19H2,1-3H3. The lowest BCUT2D eigenvalue weighted by molar-refractivity contribution is 0.0519. The average Bonchev–Trinajstić information content (AvgIpc) is 3.08. The van der Waals surface area contributed by atoms with Gasteiger partial charge in [0.1, 0.15) is 5.69 Å². The fourth-order valence-electron chi connectivity index (χ4n) is 3.97. The molecule has 4 nitrogen and oxygen atoms in total. The molecule has 1 aromatic heterocycles. The van der Waals surface area contributed by atoms with Gasteiger partial charge >= 0.3 is 5.97 Å². The van der Waals surface area contributed by atoms with Crippen LogP contribution in [0.3, 0.4) is 0 Å². The first-order valence-corrected chi connectivity index (χ1v) is 12.6. The molecule has 0 saturated carbocycles. The monoisotopic (exact) mass is 439 g/mol. The smallest absolute Gasteiger partial charge is 0.355 e. The number of ether oxygens (including phenoxy) is 1. The predicted molar refractivity (Wildman–Crippen MR) is 126 cm³/mol. The number of aromatic nitrogens is 1. The van der Waals surface area contributed by atoms with Crippen LogP contribution in [0.4, 0.5) is 0 Å². The van der Waals surface area contributed by atoms with E-state index in [-0.39, 0.29) is 11.7 Å². The Hall–Kier alpha value is -1.29. The number of esters is 1. The van der Waals surface area contributed by atoms with Gasteiger partial charge in [-0.25, -0.2) is 4.79 Å². The summed E-state index contributed by atoms with van der Waals surface area (Å²) in [4.78, 5) is 27.7. The van der Waals surface area contributed by atoms with Crippen LogP contribution in [0.1, 0.15) is 136 Å². The van der Waals surface area contributed by atoms with E-state index in [9.17, 15) is 9.59 Å². The topological polar surface area (TPSA) is 59.2 Å². The maximum absolute atomic E-state index is 12.7. The highest BCUT2D eigenvalue weighted by Gasteiger charge is 2.23. The molecule has 0 amide bonds. The van der Waals surface area contributed by atoms with Gasteiger partial charge in [0, 0.05) is 17.7 Å². The first kappa shape index (κ1) is 26.7. The third kappa shape index (κ3) is 9.68. The minimum atomic E-state index is -0.429. The van der Waals surface area contributed by atoms with Gasteiger partial charge < -0.3 is 9.72 Å². The summed E-state index contributed by atoms with van der Waals surface area (Å²) in [5.41, 5.74) is 2.20. The Bertz CT molecular complexity index is 624. The Morgan fingerprint density at radius 2 is 1.33 bits per heavy atom. The van der Waals surface area contributed by atoms with Crippen molar-refractivity contribution < 1.29 is 14.3 Å². The van der Waals surface area contributed by atoms with Crippen LogP contribution >= 0.6 is 11.6 Å². The number of ketones is 1. The van der Waals surface area contributed by atoms with Crippen molar-refractivity contribution in [2.24, 2.45) is 0 Å². The van der Waals surface area contributed by atoms with Crippen molar-refractivity contribution in [2.45, 2.75) is 117 Å². The molecule has 0 bridgehead atoms. The van der Waals surface area contributed by atoms with E-state index in [1.807, 2.05) is 0 Å². The summed E-state index contributed by atoms with van der Waals surface area (Å²) in [6, 6.07) is 0. The van der Waals surface area contributed by atoms with Gasteiger partial charge in [-0.2, -0.15) is 0 Å². The normalized spacial score (nSPS) is 11.1. The molecule has 1 heterocycles. The molecular formula is C25H42ClNO3. The molecule has 172 valence electrons. The van der Waals surface area contributed by atoms with E-state index in [1.165, 1.54) is 70.6 Å². The SMILES string of the molecule is CCCCCCCCCCCCCCCC(=O)c1c(CCl)[nH]c(C(=O)OCC)c1C. The van der Waals surface area contributed by atoms with Crippen LogP contribution in [0.2, 0.25) is 0 Å². The highest BCUT2D eigenvalue weighted by atomic mass is 35.5. The van der Waals surface area contributed by atoms with Gasteiger partial charge in [0.05, 0.1) is 12.5 Å². The third-order valence-electron chi connectivity index (χ3n) is 5.73. The lowest BCUT2D eigenvalue weighted by atomic mass is 10.00. The quantitative estimate of drug-likeness (QED) is 0.109. The van der Waals surface area contributed by atoms with Crippen LogP contribution in [0, 0.1) is 6.92 Å². The van der Waals surface area contributed by atoms with E-state index in [2.05, 4.69) is 11.9 Å². The molecular weight excluding hydrogens is 398 g/mol. The summed E-state index contributed by atoms with van der Waals surface area (Å²) in [6.45, 7) is 6.11. The van der Waals surface area contributed by atoms with Gasteiger partial charge in [-0.3, -0.25) is 4.79 Å². The summed E-state index contributed by atoms with van der Waals surface area (Å²) >= 11 is 5.99. The van der Waals surface area contributed by atoms with Gasteiger partial charge in [0.25, 0.3) is 0 Å². The molecule has 0 aliphatic carbocycles. The fourth-order valence-corrected chi connectivity index (χ4v) is 4.17. The maximum atomic E-state index is 12.7. The zero-order valence-electron chi connectivity index (χ0n) is 19.4. The van der Waals surface area contributed by atoms with Gasteiger partial charge in [-0.1, -0.05) is 84.0 Å². The Balaban J connectivity index is 2.22. The molecule has 0 unspecified atom stereocenters. The lowest BCUT2D eigenvalue weighted by Crippen LogP contribution is -2.07. The number of carbonyl (C=O) groups is 2. The first-order valence-electron chi connectivity index (χ1n) is 12.0. The molecule has 1 rings (SSSR count). The summed E-state index contributed by atoms with van der Waals surface area (Å²) in [5, 5.41) is 0. The number of hydrogen-bond acceptors (Lipinski definition) is 3. The molecule has 0 aliphatic heterocycles. The zero-order chi connectivity index (χ0) is 22.2. The van der Waals surface area contributed by atoms with E-state index < -0.39 is 5.97 Å². The molecule has 0 saturated heterocycles. The Morgan fingerprint density at radius 1 is 0.833 bits per heavy atom. The van der Waals surface area contributed by atoms with Crippen molar-refractivity contribution >= 4 is 23.4 Å². The lowest BCUT2D eigenvalue weighted by Gasteiger charge is -2.05. The molecule has 0 aromatic carbocycles. The minimum absolute atomic E-state index is 0.0676. The number of aromatic amines is 1. The van der Waals surface area contributed by atoms with E-state index in [0.29, 0.717) is 35.5 Å². The number of Topliss-reactive ketones (excluding diaryl/α,β-unsaturated/α-hetero) is 1. The van der Waals surface area contributed by atoms with Crippen molar-refractivity contribution in [2.75, 3.05) is 6.61 Å². The van der Waals surface area contributed by atoms with Gasteiger partial charge in [0.15, 0.2) is 5.78 Å². The summed E-state index contributed by atoms with van der Waals surface area (Å²) < 4.78 is 5.06. The number of carbonyl (C=O) groups excluding carboxylic acids is 2. The number of rotatable bonds is 18. The number of H-pyrrole nitrogens is 1. The van der Waals surface area contributed by atoms with Gasteiger partial charge in [-0.05, 0) is 25.8 Å².